The van der Waals surface area contributed by atoms with Crippen molar-refractivity contribution in [3.05, 3.63) is 58.1 Å². The second kappa shape index (κ2) is 7.81. The first kappa shape index (κ1) is 17.1. The second-order valence-corrected chi connectivity index (χ2v) is 6.27. The number of amides is 1. The van der Waals surface area contributed by atoms with Crippen LogP contribution in [0.25, 0.3) is 0 Å². The topological polar surface area (TPSA) is 29.1 Å². The summed E-state index contributed by atoms with van der Waals surface area (Å²) in [6.07, 6.45) is 0.101. The minimum absolute atomic E-state index is 0.101. The number of anilines is 1. The van der Waals surface area contributed by atoms with Crippen molar-refractivity contribution in [3.8, 4) is 0 Å². The summed E-state index contributed by atoms with van der Waals surface area (Å²) in [5.74, 6) is -2.72. The van der Waals surface area contributed by atoms with Gasteiger partial charge >= 0.3 is 0 Å². The third-order valence-electron chi connectivity index (χ3n) is 2.73. The highest BCUT2D eigenvalue weighted by Gasteiger charge is 2.09. The molecule has 1 amide bonds. The summed E-state index contributed by atoms with van der Waals surface area (Å²) < 4.78 is 24.4. The van der Waals surface area contributed by atoms with Crippen molar-refractivity contribution < 1.29 is 13.6 Å². The number of thioether (sulfide) groups is 1. The monoisotopic (exact) mass is 361 g/mol. The minimum Gasteiger partial charge on any atom is -0.326 e. The first-order valence-electron chi connectivity index (χ1n) is 6.22. The van der Waals surface area contributed by atoms with Crippen LogP contribution in [0.3, 0.4) is 0 Å². The van der Waals surface area contributed by atoms with Crippen molar-refractivity contribution in [2.45, 2.75) is 17.1 Å². The maximum Gasteiger partial charge on any atom is 0.288 e. The first-order valence-corrected chi connectivity index (χ1v) is 7.86. The van der Waals surface area contributed by atoms with Gasteiger partial charge in [-0.1, -0.05) is 41.0 Å². The molecule has 0 aliphatic rings. The predicted octanol–water partition coefficient (Wildman–Crippen LogP) is 5.49. The summed E-state index contributed by atoms with van der Waals surface area (Å²) in [5, 5.41) is 3.61. The van der Waals surface area contributed by atoms with E-state index in [1.54, 1.807) is 30.3 Å². The van der Waals surface area contributed by atoms with E-state index >= 15 is 0 Å². The van der Waals surface area contributed by atoms with Crippen LogP contribution in [0.2, 0.25) is 10.0 Å². The first-order chi connectivity index (χ1) is 10.4. The molecule has 22 heavy (non-hydrogen) atoms. The Morgan fingerprint density at radius 2 is 1.82 bits per heavy atom. The number of alkyl halides is 2. The van der Waals surface area contributed by atoms with Crippen LogP contribution in [0, 0.1) is 0 Å². The molecule has 2 rings (SSSR count). The van der Waals surface area contributed by atoms with Gasteiger partial charge in [0.05, 0.1) is 6.42 Å². The zero-order chi connectivity index (χ0) is 16.1. The van der Waals surface area contributed by atoms with Crippen molar-refractivity contribution >= 4 is 46.6 Å². The molecule has 1 N–H and O–H groups in total. The molecule has 0 saturated carbocycles. The van der Waals surface area contributed by atoms with Gasteiger partial charge in [-0.25, -0.2) is 0 Å². The number of carbonyl (C=O) groups excluding carboxylic acids is 1. The van der Waals surface area contributed by atoms with E-state index in [2.05, 4.69) is 5.32 Å². The third-order valence-corrected chi connectivity index (χ3v) is 4.04. The number of hydrogen-bond acceptors (Lipinski definition) is 2. The Morgan fingerprint density at radius 1 is 1.14 bits per heavy atom. The zero-order valence-corrected chi connectivity index (χ0v) is 13.5. The lowest BCUT2D eigenvalue weighted by Gasteiger charge is -2.08. The molecule has 0 radical (unpaired) electrons. The fourth-order valence-corrected chi connectivity index (χ4v) is 2.74. The van der Waals surface area contributed by atoms with Gasteiger partial charge in [-0.3, -0.25) is 4.79 Å². The summed E-state index contributed by atoms with van der Waals surface area (Å²) in [7, 11) is 0. The highest BCUT2D eigenvalue weighted by atomic mass is 35.5. The molecule has 0 bridgehead atoms. The highest BCUT2D eigenvalue weighted by molar-refractivity contribution is 7.99. The lowest BCUT2D eigenvalue weighted by Crippen LogP contribution is -2.14. The number of rotatable bonds is 5. The minimum atomic E-state index is -2.47. The second-order valence-electron chi connectivity index (χ2n) is 4.36. The van der Waals surface area contributed by atoms with Gasteiger partial charge in [-0.15, -0.1) is 0 Å². The van der Waals surface area contributed by atoms with Crippen LogP contribution in [0.4, 0.5) is 14.5 Å². The van der Waals surface area contributed by atoms with Gasteiger partial charge in [0.25, 0.3) is 5.76 Å². The number of benzene rings is 2. The quantitative estimate of drug-likeness (QED) is 0.713. The molecular weight excluding hydrogens is 351 g/mol. The van der Waals surface area contributed by atoms with Crippen LogP contribution in [-0.4, -0.2) is 11.7 Å². The van der Waals surface area contributed by atoms with Crippen molar-refractivity contribution in [2.75, 3.05) is 5.32 Å². The molecule has 0 heterocycles. The molecular formula is C15H11Cl2F2NOS. The summed E-state index contributed by atoms with van der Waals surface area (Å²) in [5.41, 5.74) is 1.20. The molecule has 2 aromatic carbocycles. The Kier molecular flexibility index (Phi) is 6.06. The van der Waals surface area contributed by atoms with Crippen LogP contribution in [0.15, 0.2) is 47.4 Å². The van der Waals surface area contributed by atoms with Crippen LogP contribution >= 0.6 is 35.0 Å². The smallest absolute Gasteiger partial charge is 0.288 e. The normalized spacial score (nSPS) is 10.8. The molecule has 0 aliphatic carbocycles. The van der Waals surface area contributed by atoms with Gasteiger partial charge in [0, 0.05) is 20.6 Å². The van der Waals surface area contributed by atoms with Gasteiger partial charge in [0.15, 0.2) is 0 Å². The molecule has 0 atom stereocenters. The molecule has 2 nitrogen and oxygen atoms in total. The van der Waals surface area contributed by atoms with Gasteiger partial charge < -0.3 is 5.32 Å². The fraction of sp³-hybridized carbons (Fsp3) is 0.133. The standard InChI is InChI=1S/C15H11Cl2F2NOS/c16-10-2-1-9(13(17)8-10)7-14(21)20-11-3-5-12(6-4-11)22-15(18)19/h1-6,8,15H,7H2,(H,20,21). The number of nitrogens with one attached hydrogen (secondary N) is 1. The van der Waals surface area contributed by atoms with Gasteiger partial charge in [0.2, 0.25) is 5.91 Å². The summed E-state index contributed by atoms with van der Waals surface area (Å²) in [6.45, 7) is 0. The Labute approximate surface area is 140 Å². The van der Waals surface area contributed by atoms with Crippen molar-refractivity contribution in [1.29, 1.82) is 0 Å². The van der Waals surface area contributed by atoms with Crippen LogP contribution in [0.1, 0.15) is 5.56 Å². The Hall–Kier alpha value is -1.30. The average Bonchev–Trinajstić information content (AvgIpc) is 2.43. The van der Waals surface area contributed by atoms with E-state index in [4.69, 9.17) is 23.2 Å². The lowest BCUT2D eigenvalue weighted by atomic mass is 10.1. The van der Waals surface area contributed by atoms with E-state index in [1.807, 2.05) is 0 Å². The number of carbonyl (C=O) groups is 1. The van der Waals surface area contributed by atoms with Crippen molar-refractivity contribution in [2.24, 2.45) is 0 Å². The Balaban J connectivity index is 1.97. The van der Waals surface area contributed by atoms with E-state index in [0.29, 0.717) is 38.0 Å². The molecule has 0 saturated heterocycles. The lowest BCUT2D eigenvalue weighted by molar-refractivity contribution is -0.115. The van der Waals surface area contributed by atoms with Gasteiger partial charge in [0.1, 0.15) is 0 Å². The Morgan fingerprint density at radius 3 is 2.41 bits per heavy atom. The highest BCUT2D eigenvalue weighted by Crippen LogP contribution is 2.26. The molecule has 0 aliphatic heterocycles. The van der Waals surface area contributed by atoms with Gasteiger partial charge in [-0.2, -0.15) is 8.78 Å². The van der Waals surface area contributed by atoms with E-state index < -0.39 is 5.76 Å². The van der Waals surface area contributed by atoms with E-state index in [1.165, 1.54) is 12.1 Å². The SMILES string of the molecule is O=C(Cc1ccc(Cl)cc1Cl)Nc1ccc(SC(F)F)cc1. The van der Waals surface area contributed by atoms with Crippen LogP contribution < -0.4 is 5.32 Å². The zero-order valence-electron chi connectivity index (χ0n) is 11.2. The Bertz CT molecular complexity index is 665. The van der Waals surface area contributed by atoms with Crippen LogP contribution in [0.5, 0.6) is 0 Å². The van der Waals surface area contributed by atoms with E-state index in [0.717, 1.165) is 0 Å². The molecule has 0 fully saturated rings. The molecule has 2 aromatic rings. The maximum atomic E-state index is 12.2. The molecule has 7 heteroatoms. The predicted molar refractivity (Wildman–Crippen MR) is 87.1 cm³/mol. The summed E-state index contributed by atoms with van der Waals surface area (Å²) >= 11 is 12.3. The largest absolute Gasteiger partial charge is 0.326 e. The number of hydrogen-bond donors (Lipinski definition) is 1. The maximum absolute atomic E-state index is 12.2. The van der Waals surface area contributed by atoms with E-state index in [-0.39, 0.29) is 12.3 Å². The van der Waals surface area contributed by atoms with Gasteiger partial charge in [-0.05, 0) is 42.0 Å². The van der Waals surface area contributed by atoms with Crippen LogP contribution in [-0.2, 0) is 11.2 Å². The number of halogens is 4. The van der Waals surface area contributed by atoms with Crippen molar-refractivity contribution in [1.82, 2.24) is 0 Å². The molecule has 0 spiro atoms. The van der Waals surface area contributed by atoms with E-state index in [9.17, 15) is 13.6 Å². The average molecular weight is 362 g/mol. The molecule has 0 aromatic heterocycles. The van der Waals surface area contributed by atoms with Crippen molar-refractivity contribution in [3.63, 3.8) is 0 Å². The molecule has 116 valence electrons. The fourth-order valence-electron chi connectivity index (χ4n) is 1.76. The summed E-state index contributed by atoms with van der Waals surface area (Å²) in [4.78, 5) is 12.4. The molecule has 0 unspecified atom stereocenters. The third kappa shape index (κ3) is 5.16. The summed E-state index contributed by atoms with van der Waals surface area (Å²) in [6, 6.07) is 11.1.